The Kier molecular flexibility index (Phi) is 5.44. The number of anilines is 2. The lowest BCUT2D eigenvalue weighted by Gasteiger charge is -2.27. The summed E-state index contributed by atoms with van der Waals surface area (Å²) in [5.41, 5.74) is 6.26. The second-order valence-electron chi connectivity index (χ2n) is 7.57. The van der Waals surface area contributed by atoms with E-state index in [2.05, 4.69) is 46.7 Å². The van der Waals surface area contributed by atoms with Crippen molar-refractivity contribution in [1.82, 2.24) is 24.3 Å². The van der Waals surface area contributed by atoms with E-state index < -0.39 is 0 Å². The first-order chi connectivity index (χ1) is 15.7. The molecule has 9 heteroatoms. The normalized spacial score (nSPS) is 12.8. The number of aromatic nitrogens is 5. The molecule has 4 aromatic heterocycles. The number of pyridine rings is 3. The third-order valence-electron chi connectivity index (χ3n) is 5.34. The van der Waals surface area contributed by atoms with Gasteiger partial charge in [-0.3, -0.25) is 15.0 Å². The molecule has 32 heavy (non-hydrogen) atoms. The van der Waals surface area contributed by atoms with Crippen molar-refractivity contribution in [3.8, 4) is 17.3 Å². The topological polar surface area (TPSA) is 104 Å². The van der Waals surface area contributed by atoms with Crippen LogP contribution in [0, 0.1) is 18.3 Å². The Morgan fingerprint density at radius 1 is 1.19 bits per heavy atom. The molecule has 0 bridgehead atoms. The van der Waals surface area contributed by atoms with Crippen LogP contribution in [0.15, 0.2) is 48.9 Å². The Morgan fingerprint density at radius 3 is 3.00 bits per heavy atom. The van der Waals surface area contributed by atoms with Crippen LogP contribution >= 0.6 is 11.5 Å². The maximum atomic E-state index is 9.62. The minimum atomic E-state index is 0.486. The summed E-state index contributed by atoms with van der Waals surface area (Å²) < 4.78 is 4.45. The van der Waals surface area contributed by atoms with E-state index in [4.69, 9.17) is 0 Å². The lowest BCUT2D eigenvalue weighted by molar-refractivity contribution is 0.710. The molecule has 4 aromatic rings. The fourth-order valence-corrected chi connectivity index (χ4v) is 4.41. The van der Waals surface area contributed by atoms with Crippen LogP contribution in [-0.2, 0) is 19.5 Å². The van der Waals surface area contributed by atoms with Crippen molar-refractivity contribution in [3.05, 3.63) is 77.0 Å². The molecule has 8 nitrogen and oxygen atoms in total. The molecule has 1 aliphatic rings. The lowest BCUT2D eigenvalue weighted by Crippen LogP contribution is -2.30. The van der Waals surface area contributed by atoms with Crippen molar-refractivity contribution >= 4 is 22.6 Å². The lowest BCUT2D eigenvalue weighted by atomic mass is 10.1. The van der Waals surface area contributed by atoms with Gasteiger partial charge in [-0.2, -0.15) is 14.6 Å². The Bertz CT molecular complexity index is 1310. The van der Waals surface area contributed by atoms with Gasteiger partial charge >= 0.3 is 0 Å². The highest BCUT2D eigenvalue weighted by atomic mass is 32.1. The predicted molar refractivity (Wildman–Crippen MR) is 123 cm³/mol. The van der Waals surface area contributed by atoms with Crippen molar-refractivity contribution in [2.75, 3.05) is 16.8 Å². The molecule has 0 fully saturated rings. The maximum absolute atomic E-state index is 9.62. The number of nitrogens with one attached hydrogen (secondary N) is 1. The monoisotopic (exact) mass is 440 g/mol. The predicted octanol–water partition coefficient (Wildman–Crippen LogP) is 3.75. The quantitative estimate of drug-likeness (QED) is 0.500. The number of hydrogen-bond donors (Lipinski definition) is 1. The third-order valence-corrected chi connectivity index (χ3v) is 6.11. The summed E-state index contributed by atoms with van der Waals surface area (Å²) in [5, 5.41) is 13.8. The number of aryl methyl sites for hydroxylation is 1. The molecule has 0 saturated heterocycles. The minimum Gasteiger partial charge on any atom is -0.349 e. The number of nitrogens with zero attached hydrogens (tertiary/aromatic N) is 7. The molecule has 5 heterocycles. The van der Waals surface area contributed by atoms with E-state index in [9.17, 15) is 5.26 Å². The molecular formula is C23H20N8S. The number of fused-ring (bicyclic) bond motifs is 1. The van der Waals surface area contributed by atoms with E-state index in [1.54, 1.807) is 12.4 Å². The zero-order chi connectivity index (χ0) is 21.9. The van der Waals surface area contributed by atoms with Crippen molar-refractivity contribution in [1.29, 1.82) is 5.26 Å². The molecule has 1 N–H and O–H groups in total. The van der Waals surface area contributed by atoms with E-state index in [1.807, 2.05) is 37.4 Å². The van der Waals surface area contributed by atoms with Gasteiger partial charge in [0.25, 0.3) is 0 Å². The van der Waals surface area contributed by atoms with Gasteiger partial charge in [-0.25, -0.2) is 0 Å². The number of hydrogen-bond acceptors (Lipinski definition) is 9. The second kappa shape index (κ2) is 8.69. The van der Waals surface area contributed by atoms with Gasteiger partial charge in [-0.15, -0.1) is 0 Å². The Labute approximate surface area is 189 Å². The van der Waals surface area contributed by atoms with Gasteiger partial charge in [0, 0.05) is 73.1 Å². The zero-order valence-electron chi connectivity index (χ0n) is 17.5. The highest BCUT2D eigenvalue weighted by Crippen LogP contribution is 2.26. The van der Waals surface area contributed by atoms with E-state index >= 15 is 0 Å². The Balaban J connectivity index is 1.27. The zero-order valence-corrected chi connectivity index (χ0v) is 18.3. The molecule has 0 unspecified atom stereocenters. The molecular weight excluding hydrogens is 420 g/mol. The fraction of sp³-hybridized carbons (Fsp3) is 0.217. The summed E-state index contributed by atoms with van der Waals surface area (Å²) in [4.78, 5) is 20.1. The van der Waals surface area contributed by atoms with Crippen LogP contribution < -0.4 is 10.2 Å². The van der Waals surface area contributed by atoms with Crippen molar-refractivity contribution in [3.63, 3.8) is 0 Å². The van der Waals surface area contributed by atoms with Gasteiger partial charge in [-0.1, -0.05) is 6.07 Å². The summed E-state index contributed by atoms with van der Waals surface area (Å²) in [5.74, 6) is 0.578. The van der Waals surface area contributed by atoms with Gasteiger partial charge < -0.3 is 10.2 Å². The molecule has 0 radical (unpaired) electrons. The molecule has 1 aliphatic heterocycles. The number of nitriles is 1. The van der Waals surface area contributed by atoms with Crippen molar-refractivity contribution < 1.29 is 0 Å². The third kappa shape index (κ3) is 4.13. The molecule has 0 atom stereocenters. The van der Waals surface area contributed by atoms with Crippen LogP contribution in [0.4, 0.5) is 11.1 Å². The van der Waals surface area contributed by atoms with Crippen LogP contribution in [-0.4, -0.2) is 30.9 Å². The Hall–Kier alpha value is -3.90. The van der Waals surface area contributed by atoms with Crippen LogP contribution in [0.25, 0.3) is 11.3 Å². The van der Waals surface area contributed by atoms with Gasteiger partial charge in [-0.05, 0) is 42.3 Å². The molecule has 0 amide bonds. The van der Waals surface area contributed by atoms with E-state index in [-0.39, 0.29) is 0 Å². The van der Waals surface area contributed by atoms with Crippen LogP contribution in [0.1, 0.15) is 28.1 Å². The van der Waals surface area contributed by atoms with E-state index in [1.165, 1.54) is 17.1 Å². The minimum absolute atomic E-state index is 0.486. The van der Waals surface area contributed by atoms with Crippen molar-refractivity contribution in [2.24, 2.45) is 0 Å². The maximum Gasteiger partial charge on any atom is 0.236 e. The van der Waals surface area contributed by atoms with Crippen LogP contribution in [0.5, 0.6) is 0 Å². The first kappa shape index (κ1) is 20.0. The van der Waals surface area contributed by atoms with Gasteiger partial charge in [0.1, 0.15) is 6.07 Å². The molecule has 0 aliphatic carbocycles. The summed E-state index contributed by atoms with van der Waals surface area (Å²) in [6, 6.07) is 12.0. The highest BCUT2D eigenvalue weighted by Gasteiger charge is 2.20. The average Bonchev–Trinajstić information content (AvgIpc) is 3.31. The summed E-state index contributed by atoms with van der Waals surface area (Å²) >= 11 is 1.38. The number of rotatable bonds is 5. The van der Waals surface area contributed by atoms with Crippen LogP contribution in [0.2, 0.25) is 0 Å². The highest BCUT2D eigenvalue weighted by molar-refractivity contribution is 7.09. The Morgan fingerprint density at radius 2 is 2.12 bits per heavy atom. The molecule has 5 rings (SSSR count). The van der Waals surface area contributed by atoms with Gasteiger partial charge in [0.05, 0.1) is 11.3 Å². The molecule has 0 saturated carbocycles. The smallest absolute Gasteiger partial charge is 0.236 e. The van der Waals surface area contributed by atoms with E-state index in [0.717, 1.165) is 47.2 Å². The van der Waals surface area contributed by atoms with E-state index in [0.29, 0.717) is 23.8 Å². The summed E-state index contributed by atoms with van der Waals surface area (Å²) in [6.45, 7) is 4.08. The molecule has 158 valence electrons. The van der Waals surface area contributed by atoms with Gasteiger partial charge in [0.15, 0.2) is 0 Å². The average molecular weight is 441 g/mol. The van der Waals surface area contributed by atoms with Crippen LogP contribution in [0.3, 0.4) is 0 Å². The SMILES string of the molecule is Cc1cc(-c2ncc(CNc3nsc(N4CCc5ncccc5C4)n3)cc2C#N)ccn1. The first-order valence-electron chi connectivity index (χ1n) is 10.3. The van der Waals surface area contributed by atoms with Gasteiger partial charge in [0.2, 0.25) is 11.1 Å². The second-order valence-corrected chi connectivity index (χ2v) is 8.30. The first-order valence-corrected chi connectivity index (χ1v) is 11.0. The summed E-state index contributed by atoms with van der Waals surface area (Å²) in [7, 11) is 0. The standard InChI is InChI=1S/C23H20N8S/c1-15-9-17(4-7-25-15)21-19(11-24)10-16(12-27-21)13-28-22-29-23(32-30-22)31-8-5-20-18(14-31)3-2-6-26-20/h2-4,6-7,9-10,12H,5,8,13-14H2,1H3,(H,28,30). The molecule has 0 spiro atoms. The largest absolute Gasteiger partial charge is 0.349 e. The van der Waals surface area contributed by atoms with Crippen molar-refractivity contribution in [2.45, 2.75) is 26.4 Å². The summed E-state index contributed by atoms with van der Waals surface area (Å²) in [6.07, 6.45) is 6.26. The molecule has 0 aromatic carbocycles. The fourth-order valence-electron chi connectivity index (χ4n) is 3.74.